The molecule has 0 aromatic heterocycles. The van der Waals surface area contributed by atoms with Crippen LogP contribution in [0.3, 0.4) is 0 Å². The molecular formula is C12H12Br2O3. The summed E-state index contributed by atoms with van der Waals surface area (Å²) in [6, 6.07) is 5.65. The summed E-state index contributed by atoms with van der Waals surface area (Å²) in [6.07, 6.45) is 0.805. The standard InChI is InChI=1S/C12H12Br2O3/c13-9-2-1-3-10(14)12(9)17-7-11(15)8-4-5-16-6-8/h1-3,8H,4-7H2. The molecule has 0 saturated carbocycles. The van der Waals surface area contributed by atoms with E-state index >= 15 is 0 Å². The normalized spacial score (nSPS) is 19.3. The fourth-order valence-electron chi connectivity index (χ4n) is 1.67. The van der Waals surface area contributed by atoms with Gasteiger partial charge in [0, 0.05) is 12.5 Å². The van der Waals surface area contributed by atoms with Crippen LogP contribution in [-0.2, 0) is 9.53 Å². The zero-order chi connectivity index (χ0) is 12.3. The molecule has 1 aromatic carbocycles. The first-order chi connectivity index (χ1) is 8.18. The van der Waals surface area contributed by atoms with Crippen molar-refractivity contribution in [3.8, 4) is 5.75 Å². The van der Waals surface area contributed by atoms with E-state index in [1.165, 1.54) is 0 Å². The lowest BCUT2D eigenvalue weighted by Gasteiger charge is -2.11. The van der Waals surface area contributed by atoms with Crippen molar-refractivity contribution in [3.05, 3.63) is 27.1 Å². The molecule has 0 amide bonds. The van der Waals surface area contributed by atoms with Crippen LogP contribution in [0.25, 0.3) is 0 Å². The summed E-state index contributed by atoms with van der Waals surface area (Å²) in [5.41, 5.74) is 0. The number of halogens is 2. The molecule has 3 nitrogen and oxygen atoms in total. The molecule has 5 heteroatoms. The topological polar surface area (TPSA) is 35.5 Å². The lowest BCUT2D eigenvalue weighted by atomic mass is 10.0. The van der Waals surface area contributed by atoms with Crippen LogP contribution in [0.1, 0.15) is 6.42 Å². The second-order valence-corrected chi connectivity index (χ2v) is 5.57. The third-order valence-corrected chi connectivity index (χ3v) is 3.91. The highest BCUT2D eigenvalue weighted by molar-refractivity contribution is 9.11. The maximum absolute atomic E-state index is 11.8. The Morgan fingerprint density at radius 2 is 2.12 bits per heavy atom. The molecule has 0 bridgehead atoms. The Hall–Kier alpha value is -0.390. The first kappa shape index (κ1) is 13.1. The quantitative estimate of drug-likeness (QED) is 0.824. The first-order valence-corrected chi connectivity index (χ1v) is 6.94. The lowest BCUT2D eigenvalue weighted by Crippen LogP contribution is -2.21. The van der Waals surface area contributed by atoms with Gasteiger partial charge in [0.2, 0.25) is 0 Å². The van der Waals surface area contributed by atoms with Gasteiger partial charge in [0.15, 0.2) is 5.78 Å². The Morgan fingerprint density at radius 3 is 2.71 bits per heavy atom. The van der Waals surface area contributed by atoms with Crippen molar-refractivity contribution in [2.75, 3.05) is 19.8 Å². The van der Waals surface area contributed by atoms with E-state index in [0.717, 1.165) is 15.4 Å². The highest BCUT2D eigenvalue weighted by Gasteiger charge is 2.24. The summed E-state index contributed by atoms with van der Waals surface area (Å²) in [7, 11) is 0. The Bertz CT molecular complexity index is 394. The molecule has 0 N–H and O–H groups in total. The van der Waals surface area contributed by atoms with Crippen LogP contribution in [-0.4, -0.2) is 25.6 Å². The third kappa shape index (κ3) is 3.30. The number of carbonyl (C=O) groups excluding carboxylic acids is 1. The second-order valence-electron chi connectivity index (χ2n) is 3.87. The molecule has 2 rings (SSSR count). The maximum atomic E-state index is 11.8. The summed E-state index contributed by atoms with van der Waals surface area (Å²) < 4.78 is 12.4. The fourth-order valence-corrected chi connectivity index (χ4v) is 2.90. The summed E-state index contributed by atoms with van der Waals surface area (Å²) in [5.74, 6) is 0.765. The number of ether oxygens (including phenoxy) is 2. The van der Waals surface area contributed by atoms with E-state index < -0.39 is 0 Å². The number of carbonyl (C=O) groups is 1. The van der Waals surface area contributed by atoms with Crippen LogP contribution in [0.15, 0.2) is 27.1 Å². The molecule has 1 atom stereocenters. The molecule has 1 aliphatic heterocycles. The van der Waals surface area contributed by atoms with E-state index in [-0.39, 0.29) is 18.3 Å². The predicted molar refractivity (Wildman–Crippen MR) is 71.3 cm³/mol. The van der Waals surface area contributed by atoms with E-state index in [1.807, 2.05) is 18.2 Å². The predicted octanol–water partition coefficient (Wildman–Crippen LogP) is 3.20. The van der Waals surface area contributed by atoms with Gasteiger partial charge >= 0.3 is 0 Å². The molecule has 1 aliphatic rings. The highest BCUT2D eigenvalue weighted by Crippen LogP contribution is 2.33. The van der Waals surface area contributed by atoms with E-state index in [4.69, 9.17) is 9.47 Å². The fraction of sp³-hybridized carbons (Fsp3) is 0.417. The van der Waals surface area contributed by atoms with E-state index in [0.29, 0.717) is 19.0 Å². The molecule has 1 saturated heterocycles. The molecule has 1 heterocycles. The Balaban J connectivity index is 1.95. The number of para-hydroxylation sites is 1. The molecule has 17 heavy (non-hydrogen) atoms. The van der Waals surface area contributed by atoms with Crippen molar-refractivity contribution >= 4 is 37.6 Å². The van der Waals surface area contributed by atoms with Gasteiger partial charge in [0.25, 0.3) is 0 Å². The van der Waals surface area contributed by atoms with Crippen molar-refractivity contribution < 1.29 is 14.3 Å². The summed E-state index contributed by atoms with van der Waals surface area (Å²) in [4.78, 5) is 11.8. The number of Topliss-reactive ketones (excluding diaryl/α,β-unsaturated/α-hetero) is 1. The highest BCUT2D eigenvalue weighted by atomic mass is 79.9. The minimum atomic E-state index is -0.00346. The molecule has 0 aliphatic carbocycles. The molecule has 1 unspecified atom stereocenters. The molecule has 92 valence electrons. The van der Waals surface area contributed by atoms with Crippen LogP contribution < -0.4 is 4.74 Å². The molecular weight excluding hydrogens is 352 g/mol. The average molecular weight is 364 g/mol. The van der Waals surface area contributed by atoms with Gasteiger partial charge in [-0.25, -0.2) is 0 Å². The molecule has 1 aromatic rings. The second kappa shape index (κ2) is 5.98. The Labute approximate surface area is 117 Å². The van der Waals surface area contributed by atoms with Crippen molar-refractivity contribution in [1.82, 2.24) is 0 Å². The van der Waals surface area contributed by atoms with Gasteiger partial charge in [-0.1, -0.05) is 6.07 Å². The van der Waals surface area contributed by atoms with Crippen LogP contribution in [0, 0.1) is 5.92 Å². The van der Waals surface area contributed by atoms with Gasteiger partial charge in [-0.2, -0.15) is 0 Å². The summed E-state index contributed by atoms with van der Waals surface area (Å²) in [5, 5.41) is 0. The monoisotopic (exact) mass is 362 g/mol. The summed E-state index contributed by atoms with van der Waals surface area (Å²) >= 11 is 6.78. The third-order valence-electron chi connectivity index (χ3n) is 2.66. The van der Waals surface area contributed by atoms with Crippen molar-refractivity contribution in [3.63, 3.8) is 0 Å². The summed E-state index contributed by atoms with van der Waals surface area (Å²) in [6.45, 7) is 1.30. The number of ketones is 1. The van der Waals surface area contributed by atoms with Crippen molar-refractivity contribution in [2.24, 2.45) is 5.92 Å². The van der Waals surface area contributed by atoms with Crippen molar-refractivity contribution in [1.29, 1.82) is 0 Å². The Morgan fingerprint density at radius 1 is 1.41 bits per heavy atom. The van der Waals surface area contributed by atoms with E-state index in [1.54, 1.807) is 0 Å². The Kier molecular flexibility index (Phi) is 4.59. The average Bonchev–Trinajstić information content (AvgIpc) is 2.81. The molecule has 0 radical (unpaired) electrons. The minimum absolute atomic E-state index is 0.00346. The van der Waals surface area contributed by atoms with Gasteiger partial charge < -0.3 is 9.47 Å². The van der Waals surface area contributed by atoms with Gasteiger partial charge in [-0.15, -0.1) is 0 Å². The number of rotatable bonds is 4. The SMILES string of the molecule is O=C(COc1c(Br)cccc1Br)C1CCOC1. The van der Waals surface area contributed by atoms with Gasteiger partial charge in [-0.05, 0) is 50.4 Å². The minimum Gasteiger partial charge on any atom is -0.483 e. The van der Waals surface area contributed by atoms with Crippen LogP contribution >= 0.6 is 31.9 Å². The number of benzene rings is 1. The van der Waals surface area contributed by atoms with Crippen molar-refractivity contribution in [2.45, 2.75) is 6.42 Å². The van der Waals surface area contributed by atoms with Gasteiger partial charge in [-0.3, -0.25) is 4.79 Å². The molecule has 1 fully saturated rings. The van der Waals surface area contributed by atoms with Crippen LogP contribution in [0.4, 0.5) is 0 Å². The maximum Gasteiger partial charge on any atom is 0.175 e. The smallest absolute Gasteiger partial charge is 0.175 e. The largest absolute Gasteiger partial charge is 0.483 e. The van der Waals surface area contributed by atoms with Crippen LogP contribution in [0.5, 0.6) is 5.75 Å². The zero-order valence-corrected chi connectivity index (χ0v) is 12.3. The number of hydrogen-bond donors (Lipinski definition) is 0. The lowest BCUT2D eigenvalue weighted by molar-refractivity contribution is -0.124. The first-order valence-electron chi connectivity index (χ1n) is 5.35. The van der Waals surface area contributed by atoms with E-state index in [9.17, 15) is 4.79 Å². The van der Waals surface area contributed by atoms with Crippen LogP contribution in [0.2, 0.25) is 0 Å². The van der Waals surface area contributed by atoms with Gasteiger partial charge in [0.05, 0.1) is 15.6 Å². The number of hydrogen-bond acceptors (Lipinski definition) is 3. The van der Waals surface area contributed by atoms with Gasteiger partial charge in [0.1, 0.15) is 12.4 Å². The molecule has 0 spiro atoms. The zero-order valence-electron chi connectivity index (χ0n) is 9.12. The van der Waals surface area contributed by atoms with E-state index in [2.05, 4.69) is 31.9 Å².